The number of carbonyl (C=O) groups excluding carboxylic acids is 1. The van der Waals surface area contributed by atoms with E-state index in [1.165, 1.54) is 0 Å². The molecule has 1 saturated heterocycles. The van der Waals surface area contributed by atoms with Crippen molar-refractivity contribution >= 4 is 11.7 Å². The van der Waals surface area contributed by atoms with Crippen molar-refractivity contribution in [3.8, 4) is 0 Å². The molecule has 4 heterocycles. The fourth-order valence-corrected chi connectivity index (χ4v) is 3.64. The van der Waals surface area contributed by atoms with Gasteiger partial charge in [0, 0.05) is 43.4 Å². The van der Waals surface area contributed by atoms with E-state index in [9.17, 15) is 4.79 Å². The van der Waals surface area contributed by atoms with Crippen molar-refractivity contribution in [1.82, 2.24) is 34.0 Å². The van der Waals surface area contributed by atoms with Crippen molar-refractivity contribution in [3.63, 3.8) is 0 Å². The maximum atomic E-state index is 13.2. The van der Waals surface area contributed by atoms with Crippen LogP contribution in [0.3, 0.4) is 0 Å². The first-order valence-electron chi connectivity index (χ1n) is 9.10. The average molecular weight is 353 g/mol. The van der Waals surface area contributed by atoms with Gasteiger partial charge in [0.25, 0.3) is 11.7 Å². The van der Waals surface area contributed by atoms with Gasteiger partial charge in [-0.05, 0) is 45.6 Å². The van der Waals surface area contributed by atoms with Crippen LogP contribution in [0.4, 0.5) is 0 Å². The molecule has 4 rings (SSSR count). The zero-order valence-corrected chi connectivity index (χ0v) is 15.2. The summed E-state index contributed by atoms with van der Waals surface area (Å²) in [5, 5.41) is 8.17. The number of fused-ring (bicyclic) bond motifs is 1. The maximum absolute atomic E-state index is 13.2. The van der Waals surface area contributed by atoms with Gasteiger partial charge in [0.2, 0.25) is 5.82 Å². The summed E-state index contributed by atoms with van der Waals surface area (Å²) in [6.07, 6.45) is 9.74. The highest BCUT2D eigenvalue weighted by atomic mass is 16.2. The Hall–Kier alpha value is -2.77. The summed E-state index contributed by atoms with van der Waals surface area (Å²) >= 11 is 0. The lowest BCUT2D eigenvalue weighted by molar-refractivity contribution is 0.0581. The standard InChI is InChI=1S/C18H23N7O/c1-13-6-11-25-16(21-22-18(25)20-13)17(26)24-9-4-3-5-15(24)7-10-23-12-8-19-14(23)2/h6,8,11-12,15H,3-5,7,9-10H2,1-2H3/t15-/m0/s1. The van der Waals surface area contributed by atoms with Crippen molar-refractivity contribution < 1.29 is 4.79 Å². The topological polar surface area (TPSA) is 81.2 Å². The Labute approximate surface area is 151 Å². The molecule has 3 aromatic heterocycles. The molecule has 26 heavy (non-hydrogen) atoms. The summed E-state index contributed by atoms with van der Waals surface area (Å²) < 4.78 is 3.82. The number of likely N-dealkylation sites (tertiary alicyclic amines) is 1. The van der Waals surface area contributed by atoms with E-state index in [1.807, 2.05) is 43.4 Å². The smallest absolute Gasteiger partial charge is 0.292 e. The predicted molar refractivity (Wildman–Crippen MR) is 95.8 cm³/mol. The molecule has 0 aromatic carbocycles. The highest BCUT2D eigenvalue weighted by Crippen LogP contribution is 2.22. The summed E-state index contributed by atoms with van der Waals surface area (Å²) in [6, 6.07) is 2.08. The van der Waals surface area contributed by atoms with E-state index in [-0.39, 0.29) is 11.9 Å². The highest BCUT2D eigenvalue weighted by Gasteiger charge is 2.30. The molecule has 8 nitrogen and oxygen atoms in total. The third-order valence-electron chi connectivity index (χ3n) is 5.13. The molecule has 1 aliphatic rings. The van der Waals surface area contributed by atoms with Gasteiger partial charge in [0.1, 0.15) is 5.82 Å². The molecule has 1 amide bonds. The zero-order valence-electron chi connectivity index (χ0n) is 15.2. The Morgan fingerprint density at radius 3 is 2.92 bits per heavy atom. The van der Waals surface area contributed by atoms with Crippen LogP contribution in [0.2, 0.25) is 0 Å². The van der Waals surface area contributed by atoms with Gasteiger partial charge in [-0.3, -0.25) is 9.20 Å². The summed E-state index contributed by atoms with van der Waals surface area (Å²) in [6.45, 7) is 5.53. The fraction of sp³-hybridized carbons (Fsp3) is 0.500. The van der Waals surface area contributed by atoms with Crippen molar-refractivity contribution in [3.05, 3.63) is 42.0 Å². The Balaban J connectivity index is 1.55. The highest BCUT2D eigenvalue weighted by molar-refractivity contribution is 5.91. The van der Waals surface area contributed by atoms with Crippen molar-refractivity contribution in [1.29, 1.82) is 0 Å². The molecule has 0 unspecified atom stereocenters. The largest absolute Gasteiger partial charge is 0.335 e. The second kappa shape index (κ2) is 6.86. The Bertz CT molecular complexity index is 929. The van der Waals surface area contributed by atoms with Crippen LogP contribution < -0.4 is 0 Å². The number of hydrogen-bond donors (Lipinski definition) is 0. The molecule has 8 heteroatoms. The van der Waals surface area contributed by atoms with E-state index in [1.54, 1.807) is 4.40 Å². The Morgan fingerprint density at radius 2 is 2.12 bits per heavy atom. The van der Waals surface area contributed by atoms with Gasteiger partial charge < -0.3 is 9.47 Å². The molecule has 0 saturated carbocycles. The van der Waals surface area contributed by atoms with E-state index < -0.39 is 0 Å². The fourth-order valence-electron chi connectivity index (χ4n) is 3.64. The minimum atomic E-state index is -0.0600. The predicted octanol–water partition coefficient (Wildman–Crippen LogP) is 2.02. The summed E-state index contributed by atoms with van der Waals surface area (Å²) in [5.41, 5.74) is 0.857. The zero-order chi connectivity index (χ0) is 18.1. The van der Waals surface area contributed by atoms with Crippen LogP contribution >= 0.6 is 0 Å². The van der Waals surface area contributed by atoms with E-state index in [0.717, 1.165) is 50.3 Å². The minimum Gasteiger partial charge on any atom is -0.335 e. The van der Waals surface area contributed by atoms with Gasteiger partial charge >= 0.3 is 0 Å². The first-order valence-corrected chi connectivity index (χ1v) is 9.10. The van der Waals surface area contributed by atoms with Crippen LogP contribution in [0.25, 0.3) is 5.78 Å². The molecule has 1 fully saturated rings. The van der Waals surface area contributed by atoms with Crippen LogP contribution in [0, 0.1) is 13.8 Å². The molecular weight excluding hydrogens is 330 g/mol. The third-order valence-corrected chi connectivity index (χ3v) is 5.13. The number of carbonyl (C=O) groups is 1. The van der Waals surface area contributed by atoms with Gasteiger partial charge in [0.15, 0.2) is 0 Å². The monoisotopic (exact) mass is 353 g/mol. The SMILES string of the molecule is Cc1ccn2c(C(=O)N3CCCC[C@H]3CCn3ccnc3C)nnc2n1. The molecule has 1 atom stereocenters. The molecule has 0 bridgehead atoms. The normalized spacial score (nSPS) is 17.8. The minimum absolute atomic E-state index is 0.0600. The van der Waals surface area contributed by atoms with Crippen molar-refractivity contribution in [2.24, 2.45) is 0 Å². The Kier molecular flexibility index (Phi) is 4.40. The van der Waals surface area contributed by atoms with Crippen LogP contribution in [-0.2, 0) is 6.54 Å². The second-order valence-corrected chi connectivity index (χ2v) is 6.87. The summed E-state index contributed by atoms with van der Waals surface area (Å²) in [7, 11) is 0. The third kappa shape index (κ3) is 3.07. The van der Waals surface area contributed by atoms with Gasteiger partial charge in [0.05, 0.1) is 0 Å². The van der Waals surface area contributed by atoms with E-state index in [4.69, 9.17) is 0 Å². The summed E-state index contributed by atoms with van der Waals surface area (Å²) in [5.74, 6) is 1.76. The lowest BCUT2D eigenvalue weighted by atomic mass is 9.99. The number of imidazole rings is 1. The number of nitrogens with zero attached hydrogens (tertiary/aromatic N) is 7. The van der Waals surface area contributed by atoms with E-state index in [0.29, 0.717) is 11.6 Å². The average Bonchev–Trinajstić information content (AvgIpc) is 3.25. The number of rotatable bonds is 4. The van der Waals surface area contributed by atoms with Crippen molar-refractivity contribution in [2.45, 2.75) is 52.1 Å². The second-order valence-electron chi connectivity index (χ2n) is 6.87. The molecule has 0 radical (unpaired) electrons. The molecule has 0 N–H and O–H groups in total. The number of aromatic nitrogens is 6. The maximum Gasteiger partial charge on any atom is 0.292 e. The quantitative estimate of drug-likeness (QED) is 0.717. The first kappa shape index (κ1) is 16.7. The lowest BCUT2D eigenvalue weighted by Crippen LogP contribution is -2.44. The number of aryl methyl sites for hydroxylation is 3. The molecular formula is C18H23N7O. The van der Waals surface area contributed by atoms with E-state index in [2.05, 4.69) is 24.7 Å². The molecule has 136 valence electrons. The first-order chi connectivity index (χ1) is 12.6. The van der Waals surface area contributed by atoms with Gasteiger partial charge in [-0.25, -0.2) is 9.97 Å². The molecule has 1 aliphatic heterocycles. The number of amides is 1. The van der Waals surface area contributed by atoms with Crippen LogP contribution in [0.5, 0.6) is 0 Å². The van der Waals surface area contributed by atoms with Crippen LogP contribution in [-0.4, -0.2) is 52.5 Å². The Morgan fingerprint density at radius 1 is 1.23 bits per heavy atom. The number of hydrogen-bond acceptors (Lipinski definition) is 5. The van der Waals surface area contributed by atoms with E-state index >= 15 is 0 Å². The lowest BCUT2D eigenvalue weighted by Gasteiger charge is -2.35. The van der Waals surface area contributed by atoms with Crippen LogP contribution in [0.15, 0.2) is 24.7 Å². The molecule has 0 aliphatic carbocycles. The van der Waals surface area contributed by atoms with Crippen molar-refractivity contribution in [2.75, 3.05) is 6.54 Å². The van der Waals surface area contributed by atoms with Gasteiger partial charge in [-0.1, -0.05) is 0 Å². The molecule has 3 aromatic rings. The van der Waals surface area contributed by atoms with Crippen LogP contribution in [0.1, 0.15) is 47.8 Å². The van der Waals surface area contributed by atoms with Gasteiger partial charge in [-0.15, -0.1) is 10.2 Å². The van der Waals surface area contributed by atoms with Gasteiger partial charge in [-0.2, -0.15) is 0 Å². The molecule has 0 spiro atoms. The summed E-state index contributed by atoms with van der Waals surface area (Å²) in [4.78, 5) is 23.7. The number of piperidine rings is 1.